The number of aryl methyl sites for hydroxylation is 6. The van der Waals surface area contributed by atoms with E-state index in [9.17, 15) is 0 Å². The van der Waals surface area contributed by atoms with E-state index in [4.69, 9.17) is 9.15 Å². The fraction of sp³-hybridized carbons (Fsp3) is 0.268. The van der Waals surface area contributed by atoms with E-state index < -0.39 is 0 Å². The molecule has 0 bridgehead atoms. The maximum Gasteiger partial charge on any atom is 0.135 e. The molecular weight excluding hydrogens is 538 g/mol. The van der Waals surface area contributed by atoms with Crippen LogP contribution in [0.3, 0.4) is 0 Å². The number of nitrogens with zero attached hydrogens (tertiary/aromatic N) is 1. The first kappa shape index (κ1) is 29.6. The van der Waals surface area contributed by atoms with Crippen LogP contribution in [0.25, 0.3) is 49.4 Å². The summed E-state index contributed by atoms with van der Waals surface area (Å²) < 4.78 is 14.2. The third kappa shape index (κ3) is 5.71. The molecule has 7 aromatic rings. The summed E-state index contributed by atoms with van der Waals surface area (Å²) in [4.78, 5) is 0. The fourth-order valence-electron chi connectivity index (χ4n) is 5.92. The Morgan fingerprint density at radius 2 is 1.05 bits per heavy atom. The van der Waals surface area contributed by atoms with E-state index in [2.05, 4.69) is 145 Å². The molecule has 0 aliphatic heterocycles. The minimum absolute atomic E-state index is 0.661. The molecule has 0 saturated carbocycles. The molecule has 2 aromatic heterocycles. The Morgan fingerprint density at radius 1 is 0.568 bits per heavy atom. The minimum atomic E-state index is 0.661. The molecule has 224 valence electrons. The van der Waals surface area contributed by atoms with Gasteiger partial charge in [-0.3, -0.25) is 0 Å². The van der Waals surface area contributed by atoms with Crippen molar-refractivity contribution >= 4 is 43.7 Å². The average Bonchev–Trinajstić information content (AvgIpc) is 3.48. The van der Waals surface area contributed by atoms with Gasteiger partial charge >= 0.3 is 0 Å². The van der Waals surface area contributed by atoms with Gasteiger partial charge in [0.25, 0.3) is 0 Å². The molecule has 0 aliphatic rings. The first-order valence-electron chi connectivity index (χ1n) is 15.7. The maximum absolute atomic E-state index is 5.92. The van der Waals surface area contributed by atoms with Gasteiger partial charge in [0.05, 0.1) is 17.6 Å². The van der Waals surface area contributed by atoms with Crippen LogP contribution in [0.15, 0.2) is 89.3 Å². The van der Waals surface area contributed by atoms with Gasteiger partial charge in [-0.1, -0.05) is 37.1 Å². The van der Waals surface area contributed by atoms with Crippen LogP contribution >= 0.6 is 0 Å². The second-order valence-corrected chi connectivity index (χ2v) is 12.9. The van der Waals surface area contributed by atoms with Gasteiger partial charge < -0.3 is 13.7 Å². The Balaban J connectivity index is 0.000000173. The first-order chi connectivity index (χ1) is 21.1. The van der Waals surface area contributed by atoms with Crippen molar-refractivity contribution in [3.8, 4) is 11.4 Å². The van der Waals surface area contributed by atoms with Crippen LogP contribution in [-0.4, -0.2) is 11.2 Å². The summed E-state index contributed by atoms with van der Waals surface area (Å²) in [5, 5.41) is 5.08. The SMILES string of the molecule is Cc1cc2oc3cc(C)c(C)cc3c2cc1C.Cc1ccc2c(c1)c1cc(C)ccc1n2-c1ccc(OCCC(C)C)cc1. The Kier molecular flexibility index (Phi) is 7.98. The lowest BCUT2D eigenvalue weighted by Crippen LogP contribution is -2.01. The van der Waals surface area contributed by atoms with Crippen molar-refractivity contribution in [1.82, 2.24) is 4.57 Å². The van der Waals surface area contributed by atoms with Crippen LogP contribution in [0.5, 0.6) is 5.75 Å². The quantitative estimate of drug-likeness (QED) is 0.202. The number of hydrogen-bond acceptors (Lipinski definition) is 2. The molecule has 5 aromatic carbocycles. The molecule has 0 saturated heterocycles. The molecule has 0 unspecified atom stereocenters. The zero-order chi connectivity index (χ0) is 31.1. The molecule has 2 heterocycles. The van der Waals surface area contributed by atoms with Crippen molar-refractivity contribution in [1.29, 1.82) is 0 Å². The van der Waals surface area contributed by atoms with Crippen LogP contribution in [0.1, 0.15) is 53.6 Å². The lowest BCUT2D eigenvalue weighted by atomic mass is 10.0. The predicted octanol–water partition coefficient (Wildman–Crippen LogP) is 11.6. The van der Waals surface area contributed by atoms with Gasteiger partial charge in [-0.2, -0.15) is 0 Å². The largest absolute Gasteiger partial charge is 0.494 e. The van der Waals surface area contributed by atoms with Gasteiger partial charge in [-0.05, 0) is 149 Å². The molecule has 44 heavy (non-hydrogen) atoms. The predicted molar refractivity (Wildman–Crippen MR) is 188 cm³/mol. The first-order valence-corrected chi connectivity index (χ1v) is 15.7. The van der Waals surface area contributed by atoms with E-state index in [-0.39, 0.29) is 0 Å². The van der Waals surface area contributed by atoms with Crippen molar-refractivity contribution in [3.05, 3.63) is 118 Å². The summed E-state index contributed by atoms with van der Waals surface area (Å²) in [7, 11) is 0. The van der Waals surface area contributed by atoms with E-state index in [0.717, 1.165) is 29.9 Å². The van der Waals surface area contributed by atoms with Crippen LogP contribution in [-0.2, 0) is 0 Å². The van der Waals surface area contributed by atoms with Crippen molar-refractivity contribution in [2.75, 3.05) is 6.61 Å². The Bertz CT molecular complexity index is 2000. The monoisotopic (exact) mass is 581 g/mol. The Labute approximate surface area is 261 Å². The summed E-state index contributed by atoms with van der Waals surface area (Å²) in [5.74, 6) is 1.60. The van der Waals surface area contributed by atoms with Crippen molar-refractivity contribution in [2.45, 2.75) is 61.8 Å². The second-order valence-electron chi connectivity index (χ2n) is 12.9. The number of aromatic nitrogens is 1. The van der Waals surface area contributed by atoms with Gasteiger partial charge in [-0.25, -0.2) is 0 Å². The third-order valence-corrected chi connectivity index (χ3v) is 8.84. The van der Waals surface area contributed by atoms with E-state index >= 15 is 0 Å². The summed E-state index contributed by atoms with van der Waals surface area (Å²) in [5.41, 5.74) is 13.4. The second kappa shape index (κ2) is 11.9. The van der Waals surface area contributed by atoms with Gasteiger partial charge in [-0.15, -0.1) is 0 Å². The van der Waals surface area contributed by atoms with Crippen LogP contribution in [0.4, 0.5) is 0 Å². The zero-order valence-corrected chi connectivity index (χ0v) is 27.3. The number of ether oxygens (including phenoxy) is 1. The van der Waals surface area contributed by atoms with Gasteiger partial charge in [0.1, 0.15) is 16.9 Å². The highest BCUT2D eigenvalue weighted by atomic mass is 16.5. The maximum atomic E-state index is 5.92. The third-order valence-electron chi connectivity index (χ3n) is 8.84. The summed E-state index contributed by atoms with van der Waals surface area (Å²) in [6, 6.07) is 30.6. The smallest absolute Gasteiger partial charge is 0.135 e. The summed E-state index contributed by atoms with van der Waals surface area (Å²) in [6.07, 6.45) is 1.08. The highest BCUT2D eigenvalue weighted by molar-refractivity contribution is 6.09. The van der Waals surface area contributed by atoms with Crippen molar-refractivity contribution in [3.63, 3.8) is 0 Å². The number of hydrogen-bond donors (Lipinski definition) is 0. The number of fused-ring (bicyclic) bond motifs is 6. The lowest BCUT2D eigenvalue weighted by Gasteiger charge is -2.11. The number of benzene rings is 5. The minimum Gasteiger partial charge on any atom is -0.494 e. The van der Waals surface area contributed by atoms with Crippen LogP contribution < -0.4 is 4.74 Å². The molecule has 7 rings (SSSR count). The van der Waals surface area contributed by atoms with E-state index in [0.29, 0.717) is 5.92 Å². The zero-order valence-electron chi connectivity index (χ0n) is 27.3. The van der Waals surface area contributed by atoms with Gasteiger partial charge in [0.2, 0.25) is 0 Å². The highest BCUT2D eigenvalue weighted by Gasteiger charge is 2.13. The normalized spacial score (nSPS) is 11.6. The number of rotatable bonds is 5. The average molecular weight is 582 g/mol. The Morgan fingerprint density at radius 3 is 1.52 bits per heavy atom. The topological polar surface area (TPSA) is 27.3 Å². The standard InChI is InChI=1S/C25H27NO.C16H16O/c1-17(2)13-14-27-21-9-7-20(8-10-21)26-24-11-5-18(3)15-22(24)23-16-19(4)6-12-25(23)26;1-9-5-13-14-6-10(2)12(4)8-16(14)17-15(13)7-11(9)3/h5-12,15-17H,13-14H2,1-4H3;5-8H,1-4H3. The molecule has 0 radical (unpaired) electrons. The molecule has 0 N–H and O–H groups in total. The molecule has 0 amide bonds. The van der Waals surface area contributed by atoms with E-state index in [1.54, 1.807) is 0 Å². The summed E-state index contributed by atoms with van der Waals surface area (Å²) in [6.45, 7) is 18.1. The summed E-state index contributed by atoms with van der Waals surface area (Å²) >= 11 is 0. The highest BCUT2D eigenvalue weighted by Crippen LogP contribution is 2.34. The molecule has 0 spiro atoms. The van der Waals surface area contributed by atoms with Crippen molar-refractivity contribution < 1.29 is 9.15 Å². The molecule has 0 fully saturated rings. The molecule has 0 atom stereocenters. The lowest BCUT2D eigenvalue weighted by molar-refractivity contribution is 0.289. The van der Waals surface area contributed by atoms with E-state index in [1.807, 2.05) is 0 Å². The Hall–Kier alpha value is -4.50. The van der Waals surface area contributed by atoms with Gasteiger partial charge in [0.15, 0.2) is 0 Å². The molecule has 3 heteroatoms. The van der Waals surface area contributed by atoms with Crippen LogP contribution in [0.2, 0.25) is 0 Å². The van der Waals surface area contributed by atoms with E-state index in [1.165, 1.54) is 71.6 Å². The van der Waals surface area contributed by atoms with Crippen LogP contribution in [0, 0.1) is 47.5 Å². The molecular formula is C41H43NO2. The molecule has 3 nitrogen and oxygen atoms in total. The van der Waals surface area contributed by atoms with Gasteiger partial charge in [0, 0.05) is 27.2 Å². The van der Waals surface area contributed by atoms with Crippen molar-refractivity contribution in [2.24, 2.45) is 5.92 Å². The fourth-order valence-corrected chi connectivity index (χ4v) is 5.92. The molecule has 0 aliphatic carbocycles. The number of furan rings is 1.